The summed E-state index contributed by atoms with van der Waals surface area (Å²) in [7, 11) is -3.40. The Morgan fingerprint density at radius 2 is 2.25 bits per heavy atom. The van der Waals surface area contributed by atoms with Crippen LogP contribution in [0.25, 0.3) is 0 Å². The van der Waals surface area contributed by atoms with E-state index in [1.807, 2.05) is 13.8 Å². The van der Waals surface area contributed by atoms with Crippen molar-refractivity contribution < 1.29 is 8.42 Å². The first kappa shape index (κ1) is 16.2. The minimum atomic E-state index is -3.40. The molecule has 0 saturated carbocycles. The minimum Gasteiger partial charge on any atom is -0.312 e. The molecule has 0 aromatic carbocycles. The van der Waals surface area contributed by atoms with Crippen LogP contribution in [0.5, 0.6) is 0 Å². The lowest BCUT2D eigenvalue weighted by molar-refractivity contribution is 0.428. The molecule has 20 heavy (non-hydrogen) atoms. The van der Waals surface area contributed by atoms with Crippen molar-refractivity contribution in [1.82, 2.24) is 9.62 Å². The van der Waals surface area contributed by atoms with Crippen LogP contribution in [0, 0.1) is 0 Å². The van der Waals surface area contributed by atoms with Gasteiger partial charge in [-0.25, -0.2) is 8.42 Å². The number of thiophene rings is 1. The summed E-state index contributed by atoms with van der Waals surface area (Å²) in [6.07, 6.45) is 2.89. The van der Waals surface area contributed by atoms with Gasteiger partial charge < -0.3 is 5.32 Å². The first-order chi connectivity index (χ1) is 9.45. The molecule has 1 aromatic heterocycles. The third-order valence-electron chi connectivity index (χ3n) is 3.17. The van der Waals surface area contributed by atoms with Crippen LogP contribution in [-0.4, -0.2) is 32.4 Å². The van der Waals surface area contributed by atoms with Crippen molar-refractivity contribution in [3.8, 4) is 0 Å². The molecule has 0 spiro atoms. The largest absolute Gasteiger partial charge is 0.312 e. The van der Waals surface area contributed by atoms with Gasteiger partial charge in [0.05, 0.1) is 3.79 Å². The first-order valence-corrected chi connectivity index (χ1v) is 9.64. The van der Waals surface area contributed by atoms with Gasteiger partial charge in [-0.05, 0) is 41.9 Å². The monoisotopic (exact) mass is 378 g/mol. The van der Waals surface area contributed by atoms with E-state index >= 15 is 0 Å². The topological polar surface area (TPSA) is 49.4 Å². The Morgan fingerprint density at radius 1 is 1.50 bits per heavy atom. The van der Waals surface area contributed by atoms with Gasteiger partial charge in [0.25, 0.3) is 0 Å². The van der Waals surface area contributed by atoms with Crippen molar-refractivity contribution in [2.75, 3.05) is 19.6 Å². The molecule has 0 unspecified atom stereocenters. The highest BCUT2D eigenvalue weighted by atomic mass is 79.9. The smallest absolute Gasteiger partial charge is 0.245 e. The van der Waals surface area contributed by atoms with E-state index in [1.54, 1.807) is 10.4 Å². The van der Waals surface area contributed by atoms with Crippen molar-refractivity contribution >= 4 is 37.3 Å². The zero-order chi connectivity index (χ0) is 14.8. The minimum absolute atomic E-state index is 0.394. The van der Waals surface area contributed by atoms with E-state index in [0.29, 0.717) is 28.3 Å². The van der Waals surface area contributed by atoms with Gasteiger partial charge in [-0.3, -0.25) is 0 Å². The summed E-state index contributed by atoms with van der Waals surface area (Å²) in [5.41, 5.74) is 1.11. The average molecular weight is 379 g/mol. The molecule has 0 bridgehead atoms. The maximum absolute atomic E-state index is 12.7. The molecule has 0 amide bonds. The summed E-state index contributed by atoms with van der Waals surface area (Å²) in [6.45, 7) is 6.63. The quantitative estimate of drug-likeness (QED) is 0.801. The second-order valence-electron chi connectivity index (χ2n) is 4.81. The summed E-state index contributed by atoms with van der Waals surface area (Å²) < 4.78 is 27.6. The van der Waals surface area contributed by atoms with Gasteiger partial charge in [0.15, 0.2) is 0 Å². The Morgan fingerprint density at radius 3 is 2.90 bits per heavy atom. The van der Waals surface area contributed by atoms with Crippen LogP contribution in [0.1, 0.15) is 25.1 Å². The zero-order valence-electron chi connectivity index (χ0n) is 11.6. The van der Waals surface area contributed by atoms with E-state index in [0.717, 1.165) is 23.4 Å². The SMILES string of the molecule is CCNCc1cc(S(=O)(=O)N2CCC=C(C)C2)c(Br)s1. The van der Waals surface area contributed by atoms with E-state index in [1.165, 1.54) is 11.3 Å². The molecule has 4 nitrogen and oxygen atoms in total. The molecule has 1 aromatic rings. The average Bonchev–Trinajstić information content (AvgIpc) is 2.78. The van der Waals surface area contributed by atoms with E-state index in [9.17, 15) is 8.42 Å². The number of hydrogen-bond donors (Lipinski definition) is 1. The standard InChI is InChI=1S/C13H19BrN2O2S2/c1-3-15-8-11-7-12(13(14)19-11)20(17,18)16-6-4-5-10(2)9-16/h5,7,15H,3-4,6,8-9H2,1-2H3. The molecule has 1 aliphatic heterocycles. The normalized spacial score (nSPS) is 17.2. The van der Waals surface area contributed by atoms with Crippen molar-refractivity contribution in [3.63, 3.8) is 0 Å². The number of nitrogens with zero attached hydrogens (tertiary/aromatic N) is 1. The zero-order valence-corrected chi connectivity index (χ0v) is 14.9. The highest BCUT2D eigenvalue weighted by molar-refractivity contribution is 9.11. The van der Waals surface area contributed by atoms with Crippen molar-refractivity contribution in [3.05, 3.63) is 26.4 Å². The summed E-state index contributed by atoms with van der Waals surface area (Å²) in [4.78, 5) is 1.42. The molecule has 0 aliphatic carbocycles. The van der Waals surface area contributed by atoms with Crippen molar-refractivity contribution in [1.29, 1.82) is 0 Å². The highest BCUT2D eigenvalue weighted by Crippen LogP contribution is 2.34. The second kappa shape index (κ2) is 6.70. The fourth-order valence-corrected chi connectivity index (χ4v) is 6.23. The van der Waals surface area contributed by atoms with E-state index in [-0.39, 0.29) is 0 Å². The Hall–Kier alpha value is -0.210. The number of nitrogens with one attached hydrogen (secondary N) is 1. The summed E-state index contributed by atoms with van der Waals surface area (Å²) in [5, 5.41) is 3.22. The van der Waals surface area contributed by atoms with Gasteiger partial charge in [-0.15, -0.1) is 11.3 Å². The predicted octanol–water partition coefficient (Wildman–Crippen LogP) is 2.96. The molecule has 1 N–H and O–H groups in total. The van der Waals surface area contributed by atoms with E-state index in [2.05, 4.69) is 27.3 Å². The van der Waals surface area contributed by atoms with Gasteiger partial charge in [0.2, 0.25) is 10.0 Å². The summed E-state index contributed by atoms with van der Waals surface area (Å²) in [6, 6.07) is 1.78. The molecule has 7 heteroatoms. The highest BCUT2D eigenvalue weighted by Gasteiger charge is 2.29. The number of hydrogen-bond acceptors (Lipinski definition) is 4. The van der Waals surface area contributed by atoms with E-state index in [4.69, 9.17) is 0 Å². The van der Waals surface area contributed by atoms with Crippen LogP contribution >= 0.6 is 27.3 Å². The van der Waals surface area contributed by atoms with Gasteiger partial charge >= 0.3 is 0 Å². The number of rotatable bonds is 5. The van der Waals surface area contributed by atoms with Crippen LogP contribution in [0.4, 0.5) is 0 Å². The van der Waals surface area contributed by atoms with Crippen molar-refractivity contribution in [2.24, 2.45) is 0 Å². The van der Waals surface area contributed by atoms with Crippen LogP contribution in [0.15, 0.2) is 26.4 Å². The molecule has 2 rings (SSSR count). The molecular weight excluding hydrogens is 360 g/mol. The number of sulfonamides is 1. The summed E-state index contributed by atoms with van der Waals surface area (Å²) in [5.74, 6) is 0. The van der Waals surface area contributed by atoms with Crippen LogP contribution in [0.3, 0.4) is 0 Å². The molecular formula is C13H19BrN2O2S2. The van der Waals surface area contributed by atoms with E-state index < -0.39 is 10.0 Å². The van der Waals surface area contributed by atoms with Crippen LogP contribution in [0.2, 0.25) is 0 Å². The van der Waals surface area contributed by atoms with Crippen molar-refractivity contribution in [2.45, 2.75) is 31.7 Å². The third kappa shape index (κ3) is 3.51. The fourth-order valence-electron chi connectivity index (χ4n) is 2.13. The molecule has 0 fully saturated rings. The molecule has 112 valence electrons. The van der Waals surface area contributed by atoms with Gasteiger partial charge in [-0.1, -0.05) is 18.6 Å². The molecule has 1 aliphatic rings. The predicted molar refractivity (Wildman–Crippen MR) is 86.5 cm³/mol. The summed E-state index contributed by atoms with van der Waals surface area (Å²) >= 11 is 4.88. The third-order valence-corrected chi connectivity index (χ3v) is 7.27. The first-order valence-electron chi connectivity index (χ1n) is 6.60. The maximum atomic E-state index is 12.7. The molecule has 2 heterocycles. The Kier molecular flexibility index (Phi) is 5.42. The van der Waals surface area contributed by atoms with Gasteiger partial charge in [-0.2, -0.15) is 4.31 Å². The lowest BCUT2D eigenvalue weighted by Crippen LogP contribution is -2.35. The molecule has 0 saturated heterocycles. The van der Waals surface area contributed by atoms with Gasteiger partial charge in [0.1, 0.15) is 4.90 Å². The lowest BCUT2D eigenvalue weighted by atomic mass is 10.2. The van der Waals surface area contributed by atoms with Crippen LogP contribution < -0.4 is 5.32 Å². The van der Waals surface area contributed by atoms with Crippen LogP contribution in [-0.2, 0) is 16.6 Å². The Balaban J connectivity index is 2.25. The Bertz CT molecular complexity index is 608. The maximum Gasteiger partial charge on any atom is 0.245 e. The second-order valence-corrected chi connectivity index (χ2v) is 9.17. The number of halogens is 1. The fraction of sp³-hybridized carbons (Fsp3) is 0.538. The lowest BCUT2D eigenvalue weighted by Gasteiger charge is -2.25. The Labute approximate surface area is 133 Å². The van der Waals surface area contributed by atoms with Gasteiger partial charge in [0, 0.05) is 24.5 Å². The molecule has 0 radical (unpaired) electrons. The molecule has 0 atom stereocenters.